The van der Waals surface area contributed by atoms with Crippen LogP contribution >= 0.6 is 11.8 Å². The summed E-state index contributed by atoms with van der Waals surface area (Å²) in [7, 11) is -2.96. The minimum atomic E-state index is -2.96. The topological polar surface area (TPSA) is 91.7 Å². The van der Waals surface area contributed by atoms with Crippen LogP contribution in [0.15, 0.2) is 0 Å². The van der Waals surface area contributed by atoms with Gasteiger partial charge in [0.1, 0.15) is 9.84 Å². The molecule has 0 aliphatic carbocycles. The number of aliphatic hydroxyl groups excluding tert-OH is 1. The molecule has 0 saturated carbocycles. The lowest BCUT2D eigenvalue weighted by Gasteiger charge is -2.06. The standard InChI is InChI=1S/C7H14O5S2/c1-14(11,12)3-2-13-5-6(8)4-7(9)10/h6,8H,2-5H2,1H3,(H,9,10). The first-order valence-electron chi connectivity index (χ1n) is 3.96. The Hall–Kier alpha value is -0.270. The van der Waals surface area contributed by atoms with Gasteiger partial charge in [0.25, 0.3) is 0 Å². The Morgan fingerprint density at radius 3 is 2.50 bits per heavy atom. The molecule has 0 heterocycles. The molecule has 0 amide bonds. The molecule has 5 nitrogen and oxygen atoms in total. The van der Waals surface area contributed by atoms with Crippen LogP contribution in [0.1, 0.15) is 6.42 Å². The predicted octanol–water partition coefficient (Wildman–Crippen LogP) is -0.400. The van der Waals surface area contributed by atoms with Crippen LogP contribution in [-0.4, -0.2) is 54.2 Å². The maximum absolute atomic E-state index is 10.7. The van der Waals surface area contributed by atoms with Crippen LogP contribution in [0, 0.1) is 0 Å². The minimum Gasteiger partial charge on any atom is -0.481 e. The molecule has 0 fully saturated rings. The zero-order valence-electron chi connectivity index (χ0n) is 7.84. The van der Waals surface area contributed by atoms with Crippen LogP contribution in [0.5, 0.6) is 0 Å². The van der Waals surface area contributed by atoms with Gasteiger partial charge in [-0.3, -0.25) is 4.79 Å². The maximum Gasteiger partial charge on any atom is 0.306 e. The highest BCUT2D eigenvalue weighted by molar-refractivity contribution is 8.00. The molecule has 0 saturated heterocycles. The number of thioether (sulfide) groups is 1. The predicted molar refractivity (Wildman–Crippen MR) is 55.3 cm³/mol. The quantitative estimate of drug-likeness (QED) is 0.590. The summed E-state index contributed by atoms with van der Waals surface area (Å²) in [6, 6.07) is 0. The molecule has 2 N–H and O–H groups in total. The highest BCUT2D eigenvalue weighted by Gasteiger charge is 2.09. The number of hydrogen-bond acceptors (Lipinski definition) is 5. The van der Waals surface area contributed by atoms with E-state index in [0.29, 0.717) is 5.75 Å². The molecule has 1 atom stereocenters. The van der Waals surface area contributed by atoms with Crippen LogP contribution in [0.3, 0.4) is 0 Å². The first-order chi connectivity index (χ1) is 6.31. The first kappa shape index (κ1) is 13.7. The second-order valence-corrected chi connectivity index (χ2v) is 6.37. The Balaban J connectivity index is 3.50. The minimum absolute atomic E-state index is 0.0530. The third-order valence-corrected chi connectivity index (χ3v) is 3.64. The van der Waals surface area contributed by atoms with E-state index >= 15 is 0 Å². The van der Waals surface area contributed by atoms with Crippen LogP contribution in [0.25, 0.3) is 0 Å². The average molecular weight is 242 g/mol. The summed E-state index contributed by atoms with van der Waals surface area (Å²) >= 11 is 1.24. The highest BCUT2D eigenvalue weighted by atomic mass is 32.2. The summed E-state index contributed by atoms with van der Waals surface area (Å²) in [6.45, 7) is 0. The van der Waals surface area contributed by atoms with Gasteiger partial charge in [-0.2, -0.15) is 11.8 Å². The van der Waals surface area contributed by atoms with Gasteiger partial charge in [0.05, 0.1) is 18.3 Å². The SMILES string of the molecule is CS(=O)(=O)CCSCC(O)CC(=O)O. The largest absolute Gasteiger partial charge is 0.481 e. The normalized spacial score (nSPS) is 13.9. The van der Waals surface area contributed by atoms with Gasteiger partial charge in [0, 0.05) is 17.8 Å². The van der Waals surface area contributed by atoms with E-state index in [9.17, 15) is 13.2 Å². The average Bonchev–Trinajstić information content (AvgIpc) is 1.95. The maximum atomic E-state index is 10.7. The summed E-state index contributed by atoms with van der Waals surface area (Å²) < 4.78 is 21.4. The van der Waals surface area contributed by atoms with E-state index in [0.717, 1.165) is 6.26 Å². The van der Waals surface area contributed by atoms with E-state index in [1.807, 2.05) is 0 Å². The fourth-order valence-electron chi connectivity index (χ4n) is 0.690. The fraction of sp³-hybridized carbons (Fsp3) is 0.857. The summed E-state index contributed by atoms with van der Waals surface area (Å²) in [5, 5.41) is 17.4. The third kappa shape index (κ3) is 9.82. The molecular weight excluding hydrogens is 228 g/mol. The molecular formula is C7H14O5S2. The van der Waals surface area contributed by atoms with Crippen molar-refractivity contribution in [2.45, 2.75) is 12.5 Å². The van der Waals surface area contributed by atoms with E-state index in [1.54, 1.807) is 0 Å². The Kier molecular flexibility index (Phi) is 6.14. The van der Waals surface area contributed by atoms with Crippen LogP contribution in [-0.2, 0) is 14.6 Å². The molecule has 84 valence electrons. The van der Waals surface area contributed by atoms with Crippen molar-refractivity contribution in [1.82, 2.24) is 0 Å². The van der Waals surface area contributed by atoms with Gasteiger partial charge < -0.3 is 10.2 Å². The number of aliphatic carboxylic acids is 1. The van der Waals surface area contributed by atoms with E-state index in [1.165, 1.54) is 11.8 Å². The summed E-state index contributed by atoms with van der Waals surface area (Å²) in [4.78, 5) is 10.1. The van der Waals surface area contributed by atoms with Crippen molar-refractivity contribution in [2.75, 3.05) is 23.5 Å². The summed E-state index contributed by atoms with van der Waals surface area (Å²) in [6.07, 6.45) is -0.0651. The Labute approximate surface area is 87.4 Å². The molecule has 1 unspecified atom stereocenters. The Morgan fingerprint density at radius 1 is 1.50 bits per heavy atom. The smallest absolute Gasteiger partial charge is 0.306 e. The molecule has 0 aromatic carbocycles. The highest BCUT2D eigenvalue weighted by Crippen LogP contribution is 2.06. The summed E-state index contributed by atoms with van der Waals surface area (Å²) in [5.74, 6) is -0.365. The van der Waals surface area contributed by atoms with Gasteiger partial charge >= 0.3 is 5.97 Å². The lowest BCUT2D eigenvalue weighted by molar-refractivity contribution is -0.138. The Morgan fingerprint density at radius 2 is 2.07 bits per heavy atom. The second kappa shape index (κ2) is 6.26. The number of carboxylic acids is 1. The van der Waals surface area contributed by atoms with E-state index in [-0.39, 0.29) is 17.9 Å². The van der Waals surface area contributed by atoms with Gasteiger partial charge in [-0.05, 0) is 0 Å². The van der Waals surface area contributed by atoms with Gasteiger partial charge in [-0.15, -0.1) is 0 Å². The number of sulfone groups is 1. The van der Waals surface area contributed by atoms with Crippen molar-refractivity contribution in [3.8, 4) is 0 Å². The zero-order valence-corrected chi connectivity index (χ0v) is 9.47. The molecule has 0 aliphatic heterocycles. The zero-order chi connectivity index (χ0) is 11.2. The van der Waals surface area contributed by atoms with Crippen LogP contribution < -0.4 is 0 Å². The van der Waals surface area contributed by atoms with Gasteiger partial charge in [-0.1, -0.05) is 0 Å². The van der Waals surface area contributed by atoms with Crippen molar-refractivity contribution in [2.24, 2.45) is 0 Å². The number of rotatable bonds is 7. The van der Waals surface area contributed by atoms with Crippen LogP contribution in [0.4, 0.5) is 0 Å². The molecule has 14 heavy (non-hydrogen) atoms. The third-order valence-electron chi connectivity index (χ3n) is 1.32. The molecule has 0 aromatic heterocycles. The number of hydrogen-bond donors (Lipinski definition) is 2. The monoisotopic (exact) mass is 242 g/mol. The van der Waals surface area contributed by atoms with Gasteiger partial charge in [0.2, 0.25) is 0 Å². The van der Waals surface area contributed by atoms with Crippen LogP contribution in [0.2, 0.25) is 0 Å². The number of carboxylic acid groups (broad SMARTS) is 1. The second-order valence-electron chi connectivity index (χ2n) is 2.96. The van der Waals surface area contributed by atoms with Crippen molar-refractivity contribution < 1.29 is 23.4 Å². The van der Waals surface area contributed by atoms with Gasteiger partial charge in [0.15, 0.2) is 0 Å². The van der Waals surface area contributed by atoms with E-state index in [4.69, 9.17) is 10.2 Å². The number of carbonyl (C=O) groups is 1. The fourth-order valence-corrected chi connectivity index (χ4v) is 2.93. The number of aliphatic hydroxyl groups is 1. The van der Waals surface area contributed by atoms with E-state index in [2.05, 4.69) is 0 Å². The van der Waals surface area contributed by atoms with E-state index < -0.39 is 21.9 Å². The summed E-state index contributed by atoms with van der Waals surface area (Å²) in [5.41, 5.74) is 0. The first-order valence-corrected chi connectivity index (χ1v) is 7.18. The molecule has 0 spiro atoms. The lowest BCUT2D eigenvalue weighted by atomic mass is 10.3. The van der Waals surface area contributed by atoms with Gasteiger partial charge in [-0.25, -0.2) is 8.42 Å². The van der Waals surface area contributed by atoms with Crippen molar-refractivity contribution in [3.63, 3.8) is 0 Å². The molecule has 7 heteroatoms. The molecule has 0 bridgehead atoms. The molecule has 0 aromatic rings. The van der Waals surface area contributed by atoms with Crippen molar-refractivity contribution in [3.05, 3.63) is 0 Å². The molecule has 0 rings (SSSR count). The van der Waals surface area contributed by atoms with Crippen molar-refractivity contribution >= 4 is 27.6 Å². The Bertz CT molecular complexity index is 272. The molecule has 0 aliphatic rings. The molecule has 0 radical (unpaired) electrons. The van der Waals surface area contributed by atoms with Crippen molar-refractivity contribution in [1.29, 1.82) is 0 Å². The lowest BCUT2D eigenvalue weighted by Crippen LogP contribution is -2.16.